The lowest BCUT2D eigenvalue weighted by Gasteiger charge is -2.59. The van der Waals surface area contributed by atoms with Crippen LogP contribution in [0.2, 0.25) is 0 Å². The number of Topliss-reactive ketones (excluding diaryl/α,β-unsaturated/α-hetero) is 1. The summed E-state index contributed by atoms with van der Waals surface area (Å²) in [5.41, 5.74) is 1.24. The molecular weight excluding hydrogens is 288 g/mol. The summed E-state index contributed by atoms with van der Waals surface area (Å²) >= 11 is 0. The molecule has 0 aliphatic heterocycles. The minimum Gasteiger partial charge on any atom is -0.394 e. The van der Waals surface area contributed by atoms with Crippen molar-refractivity contribution in [2.24, 2.45) is 28.1 Å². The van der Waals surface area contributed by atoms with Gasteiger partial charge in [-0.15, -0.1) is 0 Å². The third kappa shape index (κ3) is 2.42. The molecule has 3 heteroatoms. The average Bonchev–Trinajstić information content (AvgIpc) is 2.50. The molecule has 3 aliphatic rings. The first-order valence-electron chi connectivity index (χ1n) is 9.16. The van der Waals surface area contributed by atoms with Gasteiger partial charge in [0.2, 0.25) is 0 Å². The Kier molecular flexibility index (Phi) is 4.04. The van der Waals surface area contributed by atoms with Crippen molar-refractivity contribution < 1.29 is 15.0 Å². The molecule has 2 saturated carbocycles. The number of ketones is 1. The SMILES string of the molecule is CC1(C)C(=O)CC[C@@]2(C)[C@@H]3CC[C@](C)(C(O)CO)CC3=CC[C@H]12. The normalized spacial score (nSPS) is 44.1. The Morgan fingerprint density at radius 1 is 1.26 bits per heavy atom. The van der Waals surface area contributed by atoms with Crippen molar-refractivity contribution in [1.29, 1.82) is 0 Å². The van der Waals surface area contributed by atoms with Gasteiger partial charge < -0.3 is 10.2 Å². The first-order valence-corrected chi connectivity index (χ1v) is 9.16. The summed E-state index contributed by atoms with van der Waals surface area (Å²) in [7, 11) is 0. The lowest BCUT2D eigenvalue weighted by Crippen LogP contribution is -2.54. The van der Waals surface area contributed by atoms with Crippen LogP contribution in [0.3, 0.4) is 0 Å². The minimum atomic E-state index is -0.640. The third-order valence-corrected chi connectivity index (χ3v) is 7.73. The highest BCUT2D eigenvalue weighted by Gasteiger charge is 2.57. The van der Waals surface area contributed by atoms with Crippen LogP contribution in [0.15, 0.2) is 11.6 Å². The number of carbonyl (C=O) groups is 1. The molecule has 1 unspecified atom stereocenters. The number of allylic oxidation sites excluding steroid dienone is 2. The van der Waals surface area contributed by atoms with Gasteiger partial charge >= 0.3 is 0 Å². The van der Waals surface area contributed by atoms with Gasteiger partial charge in [0.15, 0.2) is 0 Å². The van der Waals surface area contributed by atoms with Gasteiger partial charge in [-0.25, -0.2) is 0 Å². The fourth-order valence-electron chi connectivity index (χ4n) is 5.96. The number of carbonyl (C=O) groups excluding carboxylic acids is 1. The zero-order valence-corrected chi connectivity index (χ0v) is 15.1. The number of aliphatic hydroxyl groups excluding tert-OH is 2. The van der Waals surface area contributed by atoms with Crippen LogP contribution in [0.4, 0.5) is 0 Å². The molecule has 3 aliphatic carbocycles. The molecule has 23 heavy (non-hydrogen) atoms. The van der Waals surface area contributed by atoms with Crippen molar-refractivity contribution in [2.75, 3.05) is 6.61 Å². The van der Waals surface area contributed by atoms with Gasteiger partial charge in [0.05, 0.1) is 12.7 Å². The molecular formula is C20H32O3. The molecule has 0 heterocycles. The molecule has 0 bridgehead atoms. The Hall–Kier alpha value is -0.670. The van der Waals surface area contributed by atoms with E-state index in [0.717, 1.165) is 32.1 Å². The van der Waals surface area contributed by atoms with E-state index in [1.807, 2.05) is 0 Å². The highest BCUT2D eigenvalue weighted by atomic mass is 16.3. The van der Waals surface area contributed by atoms with E-state index in [1.54, 1.807) is 0 Å². The van der Waals surface area contributed by atoms with Gasteiger partial charge in [-0.05, 0) is 54.8 Å². The smallest absolute Gasteiger partial charge is 0.138 e. The summed E-state index contributed by atoms with van der Waals surface area (Å²) < 4.78 is 0. The maximum Gasteiger partial charge on any atom is 0.138 e. The second kappa shape index (κ2) is 5.42. The molecule has 0 aromatic carbocycles. The van der Waals surface area contributed by atoms with E-state index in [1.165, 1.54) is 5.57 Å². The monoisotopic (exact) mass is 320 g/mol. The van der Waals surface area contributed by atoms with Crippen LogP contribution >= 0.6 is 0 Å². The second-order valence-electron chi connectivity index (χ2n) is 9.34. The first kappa shape index (κ1) is 17.2. The summed E-state index contributed by atoms with van der Waals surface area (Å²) in [6, 6.07) is 0. The molecule has 3 nitrogen and oxygen atoms in total. The van der Waals surface area contributed by atoms with Crippen LogP contribution in [-0.4, -0.2) is 28.7 Å². The summed E-state index contributed by atoms with van der Waals surface area (Å²) in [5.74, 6) is 1.39. The molecule has 3 rings (SSSR count). The predicted octanol–water partition coefficient (Wildman–Crippen LogP) is 3.49. The number of hydrogen-bond acceptors (Lipinski definition) is 3. The van der Waals surface area contributed by atoms with E-state index in [9.17, 15) is 15.0 Å². The Bertz CT molecular complexity index is 535. The number of hydrogen-bond donors (Lipinski definition) is 2. The molecule has 0 radical (unpaired) electrons. The Morgan fingerprint density at radius 2 is 1.96 bits per heavy atom. The molecule has 0 saturated heterocycles. The summed E-state index contributed by atoms with van der Waals surface area (Å²) in [6.07, 6.45) is 7.31. The summed E-state index contributed by atoms with van der Waals surface area (Å²) in [6.45, 7) is 8.62. The van der Waals surface area contributed by atoms with Crippen LogP contribution in [-0.2, 0) is 4.79 Å². The number of fused-ring (bicyclic) bond motifs is 3. The van der Waals surface area contributed by atoms with Gasteiger partial charge in [0, 0.05) is 11.8 Å². The Labute approximate surface area is 140 Å². The van der Waals surface area contributed by atoms with Crippen LogP contribution in [0.5, 0.6) is 0 Å². The number of rotatable bonds is 2. The molecule has 2 fully saturated rings. The maximum absolute atomic E-state index is 12.4. The quantitative estimate of drug-likeness (QED) is 0.766. The average molecular weight is 320 g/mol. The number of aliphatic hydroxyl groups is 2. The van der Waals surface area contributed by atoms with Crippen LogP contribution < -0.4 is 0 Å². The lowest BCUT2D eigenvalue weighted by molar-refractivity contribution is -0.144. The highest BCUT2D eigenvalue weighted by Crippen LogP contribution is 2.62. The topological polar surface area (TPSA) is 57.5 Å². The fourth-order valence-corrected chi connectivity index (χ4v) is 5.96. The Morgan fingerprint density at radius 3 is 2.61 bits per heavy atom. The molecule has 5 atom stereocenters. The van der Waals surface area contributed by atoms with Gasteiger partial charge in [0.25, 0.3) is 0 Å². The third-order valence-electron chi connectivity index (χ3n) is 7.73. The van der Waals surface area contributed by atoms with Gasteiger partial charge in [0.1, 0.15) is 5.78 Å². The van der Waals surface area contributed by atoms with Crippen molar-refractivity contribution >= 4 is 5.78 Å². The van der Waals surface area contributed by atoms with Crippen LogP contribution in [0.1, 0.15) is 66.2 Å². The van der Waals surface area contributed by atoms with Crippen LogP contribution in [0, 0.1) is 28.1 Å². The molecule has 2 N–H and O–H groups in total. The van der Waals surface area contributed by atoms with E-state index in [4.69, 9.17) is 0 Å². The van der Waals surface area contributed by atoms with Crippen molar-refractivity contribution in [3.8, 4) is 0 Å². The van der Waals surface area contributed by atoms with Crippen molar-refractivity contribution in [3.63, 3.8) is 0 Å². The van der Waals surface area contributed by atoms with E-state index in [2.05, 4.69) is 33.8 Å². The van der Waals surface area contributed by atoms with Crippen molar-refractivity contribution in [2.45, 2.75) is 72.3 Å². The Balaban J connectivity index is 1.92. The van der Waals surface area contributed by atoms with E-state index in [-0.39, 0.29) is 22.9 Å². The summed E-state index contributed by atoms with van der Waals surface area (Å²) in [5, 5.41) is 19.6. The van der Waals surface area contributed by atoms with E-state index >= 15 is 0 Å². The van der Waals surface area contributed by atoms with E-state index < -0.39 is 6.10 Å². The molecule has 0 aromatic rings. The summed E-state index contributed by atoms with van der Waals surface area (Å²) in [4.78, 5) is 12.4. The lowest BCUT2D eigenvalue weighted by atomic mass is 9.45. The standard InChI is InChI=1S/C20H32O3/c1-18(2)15-6-5-13-11-19(3,17(23)12-21)9-7-14(13)20(15,4)10-8-16(18)22/h5,14-15,17,21,23H,6-12H2,1-4H3/t14-,15-,17?,19+,20+/m1/s1. The minimum absolute atomic E-state index is 0.157. The first-order chi connectivity index (χ1) is 10.6. The van der Waals surface area contributed by atoms with Gasteiger partial charge in [-0.2, -0.15) is 0 Å². The zero-order valence-electron chi connectivity index (χ0n) is 15.1. The molecule has 0 aromatic heterocycles. The van der Waals surface area contributed by atoms with Gasteiger partial charge in [-0.1, -0.05) is 39.3 Å². The van der Waals surface area contributed by atoms with E-state index in [0.29, 0.717) is 24.0 Å². The van der Waals surface area contributed by atoms with Crippen LogP contribution in [0.25, 0.3) is 0 Å². The van der Waals surface area contributed by atoms with Crippen molar-refractivity contribution in [1.82, 2.24) is 0 Å². The molecule has 0 amide bonds. The zero-order chi connectivity index (χ0) is 17.0. The fraction of sp³-hybridized carbons (Fsp3) is 0.850. The highest BCUT2D eigenvalue weighted by molar-refractivity contribution is 5.85. The predicted molar refractivity (Wildman–Crippen MR) is 90.9 cm³/mol. The second-order valence-corrected chi connectivity index (χ2v) is 9.34. The maximum atomic E-state index is 12.4. The van der Waals surface area contributed by atoms with Gasteiger partial charge in [-0.3, -0.25) is 4.79 Å². The van der Waals surface area contributed by atoms with Crippen molar-refractivity contribution in [3.05, 3.63) is 11.6 Å². The largest absolute Gasteiger partial charge is 0.394 e. The molecule has 130 valence electrons. The molecule has 0 spiro atoms.